The molecule has 20 heavy (non-hydrogen) atoms. The average molecular weight is 362 g/mol. The van der Waals surface area contributed by atoms with Crippen molar-refractivity contribution >= 4 is 33.3 Å². The third kappa shape index (κ3) is 2.27. The van der Waals surface area contributed by atoms with E-state index in [0.717, 1.165) is 25.7 Å². The Morgan fingerprint density at radius 3 is 2.65 bits per heavy atom. The molecule has 5 heteroatoms. The summed E-state index contributed by atoms with van der Waals surface area (Å²) < 4.78 is 20.1. The van der Waals surface area contributed by atoms with Crippen molar-refractivity contribution in [2.45, 2.75) is 44.6 Å². The maximum Gasteiger partial charge on any atom is 0.146 e. The molecule has 1 unspecified atom stereocenters. The van der Waals surface area contributed by atoms with Crippen LogP contribution in [0.1, 0.15) is 38.5 Å². The molecule has 0 radical (unpaired) electrons. The summed E-state index contributed by atoms with van der Waals surface area (Å²) in [6.07, 6.45) is 5.41. The van der Waals surface area contributed by atoms with Gasteiger partial charge in [-0.3, -0.25) is 4.79 Å². The van der Waals surface area contributed by atoms with E-state index >= 15 is 0 Å². The van der Waals surface area contributed by atoms with Crippen LogP contribution in [0.4, 0.5) is 4.39 Å². The van der Waals surface area contributed by atoms with Crippen molar-refractivity contribution in [1.29, 1.82) is 0 Å². The Morgan fingerprint density at radius 2 is 2.00 bits per heavy atom. The fraction of sp³-hybridized carbons (Fsp3) is 0.533. The lowest BCUT2D eigenvalue weighted by Crippen LogP contribution is -2.57. The second-order valence-corrected chi connectivity index (χ2v) is 6.91. The van der Waals surface area contributed by atoms with Crippen LogP contribution >= 0.6 is 27.5 Å². The lowest BCUT2D eigenvalue weighted by molar-refractivity contribution is -0.156. The van der Waals surface area contributed by atoms with E-state index in [4.69, 9.17) is 16.3 Å². The van der Waals surface area contributed by atoms with Crippen LogP contribution in [-0.4, -0.2) is 11.9 Å². The number of hydrogen-bond acceptors (Lipinski definition) is 2. The molecule has 2 aliphatic carbocycles. The monoisotopic (exact) mass is 360 g/mol. The van der Waals surface area contributed by atoms with Gasteiger partial charge >= 0.3 is 0 Å². The summed E-state index contributed by atoms with van der Waals surface area (Å²) >= 11 is 9.05. The van der Waals surface area contributed by atoms with Crippen LogP contribution in [0.5, 0.6) is 5.75 Å². The molecule has 1 atom stereocenters. The van der Waals surface area contributed by atoms with Gasteiger partial charge in [-0.25, -0.2) is 4.39 Å². The number of carbonyl (C=O) groups excluding carboxylic acids is 1. The highest BCUT2D eigenvalue weighted by atomic mass is 79.9. The Kier molecular flexibility index (Phi) is 3.80. The van der Waals surface area contributed by atoms with Crippen LogP contribution in [0.3, 0.4) is 0 Å². The first-order valence-electron chi connectivity index (χ1n) is 6.87. The zero-order valence-corrected chi connectivity index (χ0v) is 13.3. The predicted octanol–water partition coefficient (Wildman–Crippen LogP) is 4.91. The van der Waals surface area contributed by atoms with E-state index in [-0.39, 0.29) is 16.5 Å². The maximum atomic E-state index is 13.5. The minimum atomic E-state index is -0.506. The van der Waals surface area contributed by atoms with Crippen molar-refractivity contribution in [2.75, 3.05) is 0 Å². The highest BCUT2D eigenvalue weighted by Crippen LogP contribution is 2.51. The normalized spacial score (nSPS) is 24.6. The molecule has 0 N–H and O–H groups in total. The van der Waals surface area contributed by atoms with Crippen molar-refractivity contribution in [3.05, 3.63) is 27.4 Å². The summed E-state index contributed by atoms with van der Waals surface area (Å²) in [5.41, 5.74) is -0.326. The van der Waals surface area contributed by atoms with Gasteiger partial charge in [0.25, 0.3) is 0 Å². The molecule has 0 bridgehead atoms. The van der Waals surface area contributed by atoms with Gasteiger partial charge in [-0.1, -0.05) is 30.9 Å². The van der Waals surface area contributed by atoms with Gasteiger partial charge in [0, 0.05) is 12.5 Å². The highest BCUT2D eigenvalue weighted by Gasteiger charge is 2.56. The summed E-state index contributed by atoms with van der Waals surface area (Å²) in [5.74, 6) is 0.218. The van der Waals surface area contributed by atoms with E-state index in [1.165, 1.54) is 18.6 Å². The molecule has 0 aliphatic heterocycles. The standard InChI is InChI=1S/C15H15BrClFO2/c16-9-6-10(17)11(18)7-12(9)20-14-8-13(19)15(14)4-2-1-3-5-15/h6-7,14H,1-5,8H2. The number of benzene rings is 1. The molecule has 0 amide bonds. The lowest BCUT2D eigenvalue weighted by Gasteiger charge is -2.49. The lowest BCUT2D eigenvalue weighted by atomic mass is 9.57. The molecular formula is C15H15BrClFO2. The molecule has 0 saturated heterocycles. The first-order valence-corrected chi connectivity index (χ1v) is 8.04. The van der Waals surface area contributed by atoms with Gasteiger partial charge in [-0.05, 0) is 34.8 Å². The second kappa shape index (κ2) is 5.30. The molecule has 2 fully saturated rings. The van der Waals surface area contributed by atoms with Gasteiger partial charge in [0.2, 0.25) is 0 Å². The molecular weight excluding hydrogens is 347 g/mol. The first kappa shape index (κ1) is 14.3. The molecule has 2 saturated carbocycles. The molecule has 3 rings (SSSR count). The van der Waals surface area contributed by atoms with Crippen LogP contribution in [0.15, 0.2) is 16.6 Å². The molecule has 1 aromatic rings. The summed E-state index contributed by atoms with van der Waals surface area (Å²) in [7, 11) is 0. The summed E-state index contributed by atoms with van der Waals surface area (Å²) in [5, 5.41) is 0.0568. The quantitative estimate of drug-likeness (QED) is 0.699. The summed E-state index contributed by atoms with van der Waals surface area (Å²) in [4.78, 5) is 12.0. The summed E-state index contributed by atoms with van der Waals surface area (Å²) in [6, 6.07) is 2.77. The fourth-order valence-electron chi connectivity index (χ4n) is 3.30. The smallest absolute Gasteiger partial charge is 0.146 e. The van der Waals surface area contributed by atoms with Crippen LogP contribution < -0.4 is 4.74 Å². The highest BCUT2D eigenvalue weighted by molar-refractivity contribution is 9.10. The van der Waals surface area contributed by atoms with Crippen LogP contribution in [0.25, 0.3) is 0 Å². The van der Waals surface area contributed by atoms with Crippen molar-refractivity contribution in [1.82, 2.24) is 0 Å². The van der Waals surface area contributed by atoms with Crippen molar-refractivity contribution < 1.29 is 13.9 Å². The van der Waals surface area contributed by atoms with Gasteiger partial charge < -0.3 is 4.74 Å². The molecule has 2 nitrogen and oxygen atoms in total. The Hall–Kier alpha value is -0.610. The van der Waals surface area contributed by atoms with Crippen LogP contribution in [0.2, 0.25) is 5.02 Å². The van der Waals surface area contributed by atoms with Gasteiger partial charge in [0.1, 0.15) is 23.5 Å². The van der Waals surface area contributed by atoms with Crippen molar-refractivity contribution in [3.63, 3.8) is 0 Å². The van der Waals surface area contributed by atoms with Crippen LogP contribution in [-0.2, 0) is 4.79 Å². The minimum absolute atomic E-state index is 0.0568. The van der Waals surface area contributed by atoms with Gasteiger partial charge in [-0.15, -0.1) is 0 Å². The van der Waals surface area contributed by atoms with Crippen molar-refractivity contribution in [3.8, 4) is 5.75 Å². The average Bonchev–Trinajstić information content (AvgIpc) is 2.45. The second-order valence-electron chi connectivity index (χ2n) is 5.65. The number of carbonyl (C=O) groups is 1. The maximum absolute atomic E-state index is 13.5. The van der Waals surface area contributed by atoms with Crippen LogP contribution in [0, 0.1) is 11.2 Å². The van der Waals surface area contributed by atoms with Crippen molar-refractivity contribution in [2.24, 2.45) is 5.41 Å². The topological polar surface area (TPSA) is 26.3 Å². The molecule has 2 aliphatic rings. The van der Waals surface area contributed by atoms with E-state index in [2.05, 4.69) is 15.9 Å². The Morgan fingerprint density at radius 1 is 1.30 bits per heavy atom. The largest absolute Gasteiger partial charge is 0.488 e. The number of halogens is 3. The molecule has 108 valence electrons. The fourth-order valence-corrected chi connectivity index (χ4v) is 4.03. The zero-order chi connectivity index (χ0) is 14.3. The third-order valence-electron chi connectivity index (χ3n) is 4.53. The molecule has 1 spiro atoms. The zero-order valence-electron chi connectivity index (χ0n) is 10.9. The number of ketones is 1. The first-order chi connectivity index (χ1) is 9.53. The number of hydrogen-bond donors (Lipinski definition) is 0. The van der Waals surface area contributed by atoms with E-state index in [0.29, 0.717) is 22.4 Å². The number of Topliss-reactive ketones (excluding diaryl/α,β-unsaturated/α-hetero) is 1. The third-order valence-corrected chi connectivity index (χ3v) is 5.44. The summed E-state index contributed by atoms with van der Waals surface area (Å²) in [6.45, 7) is 0. The molecule has 1 aromatic carbocycles. The predicted molar refractivity (Wildman–Crippen MR) is 78.7 cm³/mol. The van der Waals surface area contributed by atoms with E-state index in [1.54, 1.807) is 0 Å². The number of rotatable bonds is 2. The Balaban J connectivity index is 1.81. The van der Waals surface area contributed by atoms with E-state index in [9.17, 15) is 9.18 Å². The Bertz CT molecular complexity index is 555. The van der Waals surface area contributed by atoms with Gasteiger partial charge in [0.05, 0.1) is 14.9 Å². The molecule has 0 heterocycles. The van der Waals surface area contributed by atoms with E-state index < -0.39 is 5.82 Å². The van der Waals surface area contributed by atoms with Gasteiger partial charge in [-0.2, -0.15) is 0 Å². The Labute approximate surface area is 130 Å². The van der Waals surface area contributed by atoms with E-state index in [1.807, 2.05) is 0 Å². The minimum Gasteiger partial charge on any atom is -0.488 e. The molecule has 0 aromatic heterocycles. The SMILES string of the molecule is O=C1CC(Oc2cc(F)c(Cl)cc2Br)C12CCCCC2. The number of ether oxygens (including phenoxy) is 1. The van der Waals surface area contributed by atoms with Gasteiger partial charge in [0.15, 0.2) is 0 Å².